The number of para-hydroxylation sites is 2. The van der Waals surface area contributed by atoms with Gasteiger partial charge in [0.25, 0.3) is 5.91 Å². The van der Waals surface area contributed by atoms with Crippen LogP contribution in [0, 0.1) is 6.92 Å². The van der Waals surface area contributed by atoms with Gasteiger partial charge < -0.3 is 19.3 Å². The van der Waals surface area contributed by atoms with E-state index < -0.39 is 0 Å². The predicted molar refractivity (Wildman–Crippen MR) is 90.8 cm³/mol. The van der Waals surface area contributed by atoms with Gasteiger partial charge in [0.2, 0.25) is 0 Å². The molecule has 0 bridgehead atoms. The zero-order valence-corrected chi connectivity index (χ0v) is 14.6. The van der Waals surface area contributed by atoms with Crippen LogP contribution in [0.15, 0.2) is 34.9 Å². The average molecular weight is 357 g/mol. The Balaban J connectivity index is 1.59. The number of nitrogens with zero attached hydrogens (tertiary/aromatic N) is 3. The van der Waals surface area contributed by atoms with Gasteiger partial charge in [-0.15, -0.1) is 0 Å². The molecule has 1 atom stereocenters. The maximum Gasteiger partial charge on any atom is 0.274 e. The third kappa shape index (κ3) is 4.00. The second kappa shape index (κ2) is 7.68. The van der Waals surface area contributed by atoms with E-state index in [2.05, 4.69) is 25.7 Å². The zero-order valence-electron chi connectivity index (χ0n) is 14.6. The van der Waals surface area contributed by atoms with Crippen LogP contribution in [0.25, 0.3) is 0 Å². The van der Waals surface area contributed by atoms with Crippen molar-refractivity contribution in [3.05, 3.63) is 53.4 Å². The van der Waals surface area contributed by atoms with Crippen LogP contribution in [0.4, 0.5) is 0 Å². The summed E-state index contributed by atoms with van der Waals surface area (Å²) >= 11 is 0. The second-order valence-electron chi connectivity index (χ2n) is 5.59. The fraction of sp³-hybridized carbons (Fsp3) is 0.294. The molecule has 2 N–H and O–H groups in total. The van der Waals surface area contributed by atoms with Crippen molar-refractivity contribution in [2.75, 3.05) is 7.11 Å². The van der Waals surface area contributed by atoms with Crippen LogP contribution in [0.1, 0.15) is 40.9 Å². The maximum atomic E-state index is 12.3. The van der Waals surface area contributed by atoms with Gasteiger partial charge in [-0.1, -0.05) is 17.3 Å². The number of nitrogens with one attached hydrogen (secondary N) is 2. The minimum absolute atomic E-state index is 0.121. The number of hydrogen-bond donors (Lipinski definition) is 2. The number of ether oxygens (including phenoxy) is 2. The Hall–Kier alpha value is -3.36. The first-order valence-electron chi connectivity index (χ1n) is 7.98. The molecule has 136 valence electrons. The lowest BCUT2D eigenvalue weighted by Gasteiger charge is -2.08. The molecular formula is C17H19N5O4. The normalized spacial score (nSPS) is 11.8. The summed E-state index contributed by atoms with van der Waals surface area (Å²) in [6.45, 7) is 3.69. The van der Waals surface area contributed by atoms with Gasteiger partial charge in [0.05, 0.1) is 13.2 Å². The lowest BCUT2D eigenvalue weighted by Crippen LogP contribution is -2.27. The summed E-state index contributed by atoms with van der Waals surface area (Å²) in [6.07, 6.45) is 0. The van der Waals surface area contributed by atoms with E-state index in [0.717, 1.165) is 0 Å². The molecule has 0 saturated heterocycles. The molecule has 0 unspecified atom stereocenters. The first-order chi connectivity index (χ1) is 12.6. The van der Waals surface area contributed by atoms with E-state index in [9.17, 15) is 4.79 Å². The molecule has 0 spiro atoms. The number of aryl methyl sites for hydroxylation is 1. The largest absolute Gasteiger partial charge is 0.493 e. The van der Waals surface area contributed by atoms with Gasteiger partial charge in [0.1, 0.15) is 12.4 Å². The number of aromatic nitrogens is 4. The molecule has 0 aliphatic rings. The highest BCUT2D eigenvalue weighted by Gasteiger charge is 2.18. The summed E-state index contributed by atoms with van der Waals surface area (Å²) in [7, 11) is 1.57. The lowest BCUT2D eigenvalue weighted by atomic mass is 10.3. The first-order valence-corrected chi connectivity index (χ1v) is 7.98. The van der Waals surface area contributed by atoms with E-state index in [1.165, 1.54) is 6.07 Å². The van der Waals surface area contributed by atoms with E-state index in [1.807, 2.05) is 12.1 Å². The molecule has 2 aromatic heterocycles. The topological polar surface area (TPSA) is 115 Å². The summed E-state index contributed by atoms with van der Waals surface area (Å²) in [5.41, 5.74) is 0.155. The summed E-state index contributed by atoms with van der Waals surface area (Å²) < 4.78 is 16.0. The van der Waals surface area contributed by atoms with Crippen molar-refractivity contribution in [3.8, 4) is 11.5 Å². The maximum absolute atomic E-state index is 12.3. The lowest BCUT2D eigenvalue weighted by molar-refractivity contribution is 0.0929. The molecule has 0 saturated carbocycles. The predicted octanol–water partition coefficient (Wildman–Crippen LogP) is 2.18. The van der Waals surface area contributed by atoms with Crippen molar-refractivity contribution in [3.63, 3.8) is 0 Å². The van der Waals surface area contributed by atoms with E-state index in [0.29, 0.717) is 28.9 Å². The fourth-order valence-corrected chi connectivity index (χ4v) is 2.26. The number of benzene rings is 1. The Labute approximate surface area is 149 Å². The molecule has 9 heteroatoms. The fourth-order valence-electron chi connectivity index (χ4n) is 2.26. The molecule has 1 aromatic carbocycles. The highest BCUT2D eigenvalue weighted by atomic mass is 16.5. The minimum Gasteiger partial charge on any atom is -0.493 e. The number of aromatic amines is 1. The van der Waals surface area contributed by atoms with Crippen LogP contribution in [0.5, 0.6) is 11.5 Å². The monoisotopic (exact) mass is 357 g/mol. The number of amides is 1. The Morgan fingerprint density at radius 3 is 2.81 bits per heavy atom. The van der Waals surface area contributed by atoms with Crippen molar-refractivity contribution in [2.45, 2.75) is 26.5 Å². The van der Waals surface area contributed by atoms with Gasteiger partial charge >= 0.3 is 0 Å². The van der Waals surface area contributed by atoms with E-state index in [4.69, 9.17) is 14.0 Å². The molecule has 0 aliphatic heterocycles. The van der Waals surface area contributed by atoms with Crippen LogP contribution in [0.2, 0.25) is 0 Å². The molecule has 26 heavy (non-hydrogen) atoms. The van der Waals surface area contributed by atoms with Crippen molar-refractivity contribution in [1.82, 2.24) is 25.7 Å². The molecule has 2 heterocycles. The highest BCUT2D eigenvalue weighted by molar-refractivity contribution is 5.92. The highest BCUT2D eigenvalue weighted by Crippen LogP contribution is 2.26. The standard InChI is InChI=1S/C17H19N5O4/c1-10(16-19-11(2)20-21-16)18-17(23)13-8-12(26-22-13)9-25-15-7-5-4-6-14(15)24-3/h4-8,10H,9H2,1-3H3,(H,18,23)(H,19,20,21)/t10-/m1/s1. The quantitative estimate of drug-likeness (QED) is 0.666. The van der Waals surface area contributed by atoms with Crippen molar-refractivity contribution in [2.24, 2.45) is 0 Å². The summed E-state index contributed by atoms with van der Waals surface area (Å²) in [6, 6.07) is 8.42. The van der Waals surface area contributed by atoms with Crippen LogP contribution < -0.4 is 14.8 Å². The van der Waals surface area contributed by atoms with Crippen LogP contribution in [-0.2, 0) is 6.61 Å². The second-order valence-corrected chi connectivity index (χ2v) is 5.59. The molecular weight excluding hydrogens is 338 g/mol. The van der Waals surface area contributed by atoms with E-state index >= 15 is 0 Å². The number of carbonyl (C=O) groups excluding carboxylic acids is 1. The molecule has 1 amide bonds. The molecule has 3 aromatic rings. The third-order valence-electron chi connectivity index (χ3n) is 3.58. The Kier molecular flexibility index (Phi) is 5.16. The van der Waals surface area contributed by atoms with Gasteiger partial charge in [-0.25, -0.2) is 4.98 Å². The van der Waals surface area contributed by atoms with E-state index in [-0.39, 0.29) is 24.2 Å². The number of rotatable bonds is 7. The van der Waals surface area contributed by atoms with Gasteiger partial charge in [-0.2, -0.15) is 5.10 Å². The molecule has 0 radical (unpaired) electrons. The van der Waals surface area contributed by atoms with Crippen LogP contribution >= 0.6 is 0 Å². The minimum atomic E-state index is -0.382. The number of carbonyl (C=O) groups is 1. The molecule has 0 fully saturated rings. The van der Waals surface area contributed by atoms with Gasteiger partial charge in [-0.3, -0.25) is 9.89 Å². The SMILES string of the molecule is COc1ccccc1OCc1cc(C(=O)N[C@H](C)c2n[nH]c(C)n2)no1. The van der Waals surface area contributed by atoms with Crippen LogP contribution in [-0.4, -0.2) is 33.4 Å². The number of hydrogen-bond acceptors (Lipinski definition) is 7. The van der Waals surface area contributed by atoms with Crippen molar-refractivity contribution < 1.29 is 18.8 Å². The van der Waals surface area contributed by atoms with Crippen molar-refractivity contribution >= 4 is 5.91 Å². The summed E-state index contributed by atoms with van der Waals surface area (Å²) in [4.78, 5) is 16.4. The summed E-state index contributed by atoms with van der Waals surface area (Å²) in [5.74, 6) is 2.40. The van der Waals surface area contributed by atoms with Crippen molar-refractivity contribution in [1.29, 1.82) is 0 Å². The molecule has 3 rings (SSSR count). The molecule has 0 aliphatic carbocycles. The van der Waals surface area contributed by atoms with Gasteiger partial charge in [-0.05, 0) is 26.0 Å². The Morgan fingerprint density at radius 2 is 2.12 bits per heavy atom. The average Bonchev–Trinajstić information content (AvgIpc) is 3.29. The van der Waals surface area contributed by atoms with Crippen LogP contribution in [0.3, 0.4) is 0 Å². The molecule has 9 nitrogen and oxygen atoms in total. The van der Waals surface area contributed by atoms with Gasteiger partial charge in [0.15, 0.2) is 28.8 Å². The third-order valence-corrected chi connectivity index (χ3v) is 3.58. The number of methoxy groups -OCH3 is 1. The number of H-pyrrole nitrogens is 1. The Morgan fingerprint density at radius 1 is 1.35 bits per heavy atom. The van der Waals surface area contributed by atoms with Gasteiger partial charge in [0, 0.05) is 6.07 Å². The summed E-state index contributed by atoms with van der Waals surface area (Å²) in [5, 5.41) is 13.3. The first kappa shape index (κ1) is 17.5. The Bertz CT molecular complexity index is 889. The van der Waals surface area contributed by atoms with E-state index in [1.54, 1.807) is 33.1 Å². The smallest absolute Gasteiger partial charge is 0.274 e. The zero-order chi connectivity index (χ0) is 18.5.